The predicted octanol–water partition coefficient (Wildman–Crippen LogP) is 3.25. The monoisotopic (exact) mass is 387 g/mol. The second kappa shape index (κ2) is 7.60. The van der Waals surface area contributed by atoms with E-state index in [1.807, 2.05) is 32.9 Å². The van der Waals surface area contributed by atoms with Crippen LogP contribution in [0.5, 0.6) is 0 Å². The first-order valence-corrected chi connectivity index (χ1v) is 9.62. The summed E-state index contributed by atoms with van der Waals surface area (Å²) < 4.78 is 14.8. The minimum absolute atomic E-state index is 0.0989. The first-order valence-electron chi connectivity index (χ1n) is 8.81. The molecule has 0 fully saturated rings. The molecule has 0 saturated heterocycles. The van der Waals surface area contributed by atoms with Crippen LogP contribution in [-0.2, 0) is 23.2 Å². The lowest BCUT2D eigenvalue weighted by molar-refractivity contribution is -0.121. The number of aryl methyl sites for hydroxylation is 1. The molecule has 0 unspecified atom stereocenters. The minimum Gasteiger partial charge on any atom is -0.354 e. The first kappa shape index (κ1) is 19.2. The van der Waals surface area contributed by atoms with Gasteiger partial charge in [0, 0.05) is 16.8 Å². The average Bonchev–Trinajstić information content (AvgIpc) is 3.07. The summed E-state index contributed by atoms with van der Waals surface area (Å²) in [6, 6.07) is 8.19. The van der Waals surface area contributed by atoms with Crippen LogP contribution in [0.1, 0.15) is 31.2 Å². The summed E-state index contributed by atoms with van der Waals surface area (Å²) in [7, 11) is 0. The molecule has 0 bridgehead atoms. The van der Waals surface area contributed by atoms with E-state index >= 15 is 0 Å². The van der Waals surface area contributed by atoms with E-state index in [0.29, 0.717) is 16.8 Å². The standard InChI is InChI=1S/C20H22FN3O2S/c1-4-15-9-16-18(27-15)23-12-24(19(16)26)10-17(25)22-11-20(2,3)13-6-5-7-14(21)8-13/h5-9,12H,4,10-11H2,1-3H3,(H,22,25). The lowest BCUT2D eigenvalue weighted by Gasteiger charge is -2.25. The highest BCUT2D eigenvalue weighted by Crippen LogP contribution is 2.23. The van der Waals surface area contributed by atoms with Crippen LogP contribution in [0.15, 0.2) is 41.5 Å². The molecule has 0 aliphatic heterocycles. The molecule has 0 radical (unpaired) electrons. The van der Waals surface area contributed by atoms with Gasteiger partial charge >= 0.3 is 0 Å². The van der Waals surface area contributed by atoms with E-state index in [1.54, 1.807) is 6.07 Å². The maximum absolute atomic E-state index is 13.5. The third kappa shape index (κ3) is 4.24. The van der Waals surface area contributed by atoms with Gasteiger partial charge < -0.3 is 5.32 Å². The van der Waals surface area contributed by atoms with Crippen LogP contribution in [-0.4, -0.2) is 22.0 Å². The molecule has 0 aliphatic rings. The van der Waals surface area contributed by atoms with Gasteiger partial charge in [-0.1, -0.05) is 32.9 Å². The zero-order valence-corrected chi connectivity index (χ0v) is 16.4. The van der Waals surface area contributed by atoms with Crippen LogP contribution >= 0.6 is 11.3 Å². The van der Waals surface area contributed by atoms with Crippen molar-refractivity contribution in [3.8, 4) is 0 Å². The molecule has 5 nitrogen and oxygen atoms in total. The second-order valence-electron chi connectivity index (χ2n) is 7.13. The van der Waals surface area contributed by atoms with Gasteiger partial charge in [0.05, 0.1) is 11.7 Å². The molecule has 0 aliphatic carbocycles. The van der Waals surface area contributed by atoms with E-state index < -0.39 is 5.41 Å². The van der Waals surface area contributed by atoms with Gasteiger partial charge in [0.25, 0.3) is 5.56 Å². The summed E-state index contributed by atoms with van der Waals surface area (Å²) in [4.78, 5) is 31.0. The number of nitrogens with one attached hydrogen (secondary N) is 1. The molecular weight excluding hydrogens is 365 g/mol. The number of carbonyl (C=O) groups excluding carboxylic acids is 1. The Morgan fingerprint density at radius 3 is 2.81 bits per heavy atom. The molecule has 2 aromatic heterocycles. The van der Waals surface area contributed by atoms with Gasteiger partial charge in [0.1, 0.15) is 17.2 Å². The summed E-state index contributed by atoms with van der Waals surface area (Å²) >= 11 is 1.50. The first-order chi connectivity index (χ1) is 12.8. The summed E-state index contributed by atoms with van der Waals surface area (Å²) in [5.41, 5.74) is 0.151. The fourth-order valence-electron chi connectivity index (χ4n) is 2.84. The molecule has 0 spiro atoms. The smallest absolute Gasteiger partial charge is 0.262 e. The van der Waals surface area contributed by atoms with E-state index in [2.05, 4.69) is 10.3 Å². The number of nitrogens with zero attached hydrogens (tertiary/aromatic N) is 2. The summed E-state index contributed by atoms with van der Waals surface area (Å²) in [6.07, 6.45) is 2.26. The number of fused-ring (bicyclic) bond motifs is 1. The van der Waals surface area contributed by atoms with Crippen molar-refractivity contribution in [2.75, 3.05) is 6.54 Å². The largest absolute Gasteiger partial charge is 0.354 e. The molecule has 7 heteroatoms. The van der Waals surface area contributed by atoms with Crippen molar-refractivity contribution in [3.05, 3.63) is 63.3 Å². The van der Waals surface area contributed by atoms with E-state index in [9.17, 15) is 14.0 Å². The number of amides is 1. The van der Waals surface area contributed by atoms with Crippen LogP contribution in [0.2, 0.25) is 0 Å². The zero-order valence-electron chi connectivity index (χ0n) is 15.6. The molecule has 27 heavy (non-hydrogen) atoms. The highest BCUT2D eigenvalue weighted by atomic mass is 32.1. The summed E-state index contributed by atoms with van der Waals surface area (Å²) in [5.74, 6) is -0.589. The number of rotatable bonds is 6. The molecule has 0 atom stereocenters. The Morgan fingerprint density at radius 1 is 1.33 bits per heavy atom. The predicted molar refractivity (Wildman–Crippen MR) is 106 cm³/mol. The number of hydrogen-bond donors (Lipinski definition) is 1. The Balaban J connectivity index is 1.70. The van der Waals surface area contributed by atoms with Gasteiger partial charge in [-0.25, -0.2) is 9.37 Å². The van der Waals surface area contributed by atoms with Crippen molar-refractivity contribution >= 4 is 27.5 Å². The minimum atomic E-state index is -0.436. The van der Waals surface area contributed by atoms with Crippen LogP contribution in [0, 0.1) is 5.82 Å². The number of aromatic nitrogens is 2. The molecule has 3 aromatic rings. The molecule has 2 heterocycles. The highest BCUT2D eigenvalue weighted by molar-refractivity contribution is 7.18. The zero-order chi connectivity index (χ0) is 19.6. The maximum Gasteiger partial charge on any atom is 0.262 e. The fraction of sp³-hybridized carbons (Fsp3) is 0.350. The Kier molecular flexibility index (Phi) is 5.41. The number of carbonyl (C=O) groups is 1. The van der Waals surface area contributed by atoms with Crippen molar-refractivity contribution in [2.45, 2.75) is 39.2 Å². The van der Waals surface area contributed by atoms with Crippen LogP contribution < -0.4 is 10.9 Å². The van der Waals surface area contributed by atoms with Gasteiger partial charge in [-0.05, 0) is 30.2 Å². The molecule has 142 valence electrons. The highest BCUT2D eigenvalue weighted by Gasteiger charge is 2.22. The lowest BCUT2D eigenvalue weighted by Crippen LogP contribution is -2.39. The van der Waals surface area contributed by atoms with Crippen LogP contribution in [0.4, 0.5) is 4.39 Å². The summed E-state index contributed by atoms with van der Waals surface area (Å²) in [5, 5.41) is 3.38. The van der Waals surface area contributed by atoms with Crippen LogP contribution in [0.3, 0.4) is 0 Å². The molecular formula is C20H22FN3O2S. The van der Waals surface area contributed by atoms with Crippen molar-refractivity contribution in [2.24, 2.45) is 0 Å². The third-order valence-electron chi connectivity index (χ3n) is 4.57. The van der Waals surface area contributed by atoms with Gasteiger partial charge in [-0.3, -0.25) is 14.2 Å². The second-order valence-corrected chi connectivity index (χ2v) is 8.25. The van der Waals surface area contributed by atoms with E-state index in [-0.39, 0.29) is 23.8 Å². The Morgan fingerprint density at radius 2 is 2.11 bits per heavy atom. The number of thiophene rings is 1. The van der Waals surface area contributed by atoms with E-state index in [0.717, 1.165) is 16.9 Å². The maximum atomic E-state index is 13.5. The van der Waals surface area contributed by atoms with Crippen molar-refractivity contribution in [1.82, 2.24) is 14.9 Å². The Bertz CT molecular complexity index is 1040. The number of halogens is 1. The fourth-order valence-corrected chi connectivity index (χ4v) is 3.76. The normalized spacial score (nSPS) is 11.7. The third-order valence-corrected chi connectivity index (χ3v) is 5.75. The van der Waals surface area contributed by atoms with Crippen LogP contribution in [0.25, 0.3) is 10.2 Å². The van der Waals surface area contributed by atoms with Crippen molar-refractivity contribution in [3.63, 3.8) is 0 Å². The quantitative estimate of drug-likeness (QED) is 0.706. The molecule has 0 saturated carbocycles. The molecule has 1 N–H and O–H groups in total. The lowest BCUT2D eigenvalue weighted by atomic mass is 9.84. The Labute approximate surface area is 160 Å². The van der Waals surface area contributed by atoms with Gasteiger partial charge in [-0.2, -0.15) is 0 Å². The molecule has 1 amide bonds. The van der Waals surface area contributed by atoms with E-state index in [1.165, 1.54) is 34.4 Å². The number of benzene rings is 1. The van der Waals surface area contributed by atoms with Gasteiger partial charge in [0.2, 0.25) is 5.91 Å². The van der Waals surface area contributed by atoms with Crippen molar-refractivity contribution in [1.29, 1.82) is 0 Å². The Hall–Kier alpha value is -2.54. The van der Waals surface area contributed by atoms with Crippen molar-refractivity contribution < 1.29 is 9.18 Å². The molecule has 3 rings (SSSR count). The molecule has 1 aromatic carbocycles. The number of hydrogen-bond acceptors (Lipinski definition) is 4. The SMILES string of the molecule is CCc1cc2c(=O)n(CC(=O)NCC(C)(C)c3cccc(F)c3)cnc2s1. The van der Waals surface area contributed by atoms with E-state index in [4.69, 9.17) is 0 Å². The van der Waals surface area contributed by atoms with Gasteiger partial charge in [0.15, 0.2) is 0 Å². The van der Waals surface area contributed by atoms with Gasteiger partial charge in [-0.15, -0.1) is 11.3 Å². The average molecular weight is 387 g/mol. The summed E-state index contributed by atoms with van der Waals surface area (Å²) in [6.45, 7) is 6.12. The topological polar surface area (TPSA) is 64.0 Å².